The van der Waals surface area contributed by atoms with Crippen LogP contribution in [0.5, 0.6) is 5.75 Å². The number of hydrogen-bond donors (Lipinski definition) is 0. The molecular weight excluding hydrogens is 310 g/mol. The fourth-order valence-corrected chi connectivity index (χ4v) is 2.03. The van der Waals surface area contributed by atoms with E-state index < -0.39 is 34.3 Å². The van der Waals surface area contributed by atoms with Crippen molar-refractivity contribution >= 4 is 17.5 Å². The van der Waals surface area contributed by atoms with Crippen molar-refractivity contribution in [1.82, 2.24) is 0 Å². The number of rotatable bonds is 4. The quantitative estimate of drug-likeness (QED) is 0.610. The minimum atomic E-state index is -5.09. The molecule has 1 aromatic rings. The Balaban J connectivity index is 3.12. The predicted molar refractivity (Wildman–Crippen MR) is 59.4 cm³/mol. The lowest BCUT2D eigenvalue weighted by Crippen LogP contribution is -2.18. The van der Waals surface area contributed by atoms with E-state index in [-0.39, 0.29) is 17.8 Å². The highest BCUT2D eigenvalue weighted by Gasteiger charge is 2.35. The molecule has 0 bridgehead atoms. The first-order valence-electron chi connectivity index (χ1n) is 5.10. The van der Waals surface area contributed by atoms with Gasteiger partial charge in [-0.25, -0.2) is 0 Å². The third-order valence-electron chi connectivity index (χ3n) is 1.91. The van der Waals surface area contributed by atoms with E-state index in [0.717, 1.165) is 18.2 Å². The minimum absolute atomic E-state index is 0.169. The van der Waals surface area contributed by atoms with Crippen LogP contribution >= 0.6 is 11.8 Å². The van der Waals surface area contributed by atoms with E-state index >= 15 is 0 Å². The number of ether oxygens (including phenoxy) is 1. The number of carbonyl (C=O) groups is 1. The summed E-state index contributed by atoms with van der Waals surface area (Å²) in [5.74, 6) is -1.27. The molecule has 2 nitrogen and oxygen atoms in total. The van der Waals surface area contributed by atoms with E-state index in [4.69, 9.17) is 0 Å². The van der Waals surface area contributed by atoms with Gasteiger partial charge in [0.1, 0.15) is 11.5 Å². The van der Waals surface area contributed by atoms with E-state index in [1.54, 1.807) is 0 Å². The first-order chi connectivity index (χ1) is 8.96. The van der Waals surface area contributed by atoms with Gasteiger partial charge in [0.25, 0.3) is 0 Å². The van der Waals surface area contributed by atoms with Crippen LogP contribution in [-0.4, -0.2) is 17.7 Å². The van der Waals surface area contributed by atoms with Crippen LogP contribution in [0.4, 0.5) is 26.3 Å². The monoisotopic (exact) mass is 318 g/mol. The largest absolute Gasteiger partial charge is 0.573 e. The summed E-state index contributed by atoms with van der Waals surface area (Å²) >= 11 is -0.727. The highest BCUT2D eigenvalue weighted by atomic mass is 32.2. The second kappa shape index (κ2) is 5.94. The third kappa shape index (κ3) is 6.18. The van der Waals surface area contributed by atoms with Crippen molar-refractivity contribution < 1.29 is 35.9 Å². The number of benzene rings is 1. The highest BCUT2D eigenvalue weighted by Crippen LogP contribution is 2.43. The normalized spacial score (nSPS) is 12.3. The number of hydrogen-bond acceptors (Lipinski definition) is 3. The van der Waals surface area contributed by atoms with Crippen molar-refractivity contribution in [1.29, 1.82) is 0 Å². The third-order valence-corrected chi connectivity index (χ3v) is 2.68. The summed E-state index contributed by atoms with van der Waals surface area (Å²) in [6.45, 7) is 1.22. The zero-order valence-corrected chi connectivity index (χ0v) is 10.7. The lowest BCUT2D eigenvalue weighted by molar-refractivity contribution is -0.275. The Bertz CT molecular complexity index is 495. The maximum Gasteiger partial charge on any atom is 0.573 e. The summed E-state index contributed by atoms with van der Waals surface area (Å²) in [5, 5.41) is 0. The average molecular weight is 318 g/mol. The van der Waals surface area contributed by atoms with Crippen LogP contribution in [0.15, 0.2) is 23.1 Å². The molecule has 0 saturated carbocycles. The summed E-state index contributed by atoms with van der Waals surface area (Å²) in [5.41, 5.74) is -4.59. The summed E-state index contributed by atoms with van der Waals surface area (Å²) < 4.78 is 76.8. The summed E-state index contributed by atoms with van der Waals surface area (Å²) in [6.07, 6.45) is -5.26. The molecule has 9 heteroatoms. The molecule has 0 heterocycles. The fourth-order valence-electron chi connectivity index (χ4n) is 1.36. The Labute approximate surface area is 114 Å². The Hall–Kier alpha value is -1.38. The summed E-state index contributed by atoms with van der Waals surface area (Å²) in [7, 11) is 0. The summed E-state index contributed by atoms with van der Waals surface area (Å²) in [4.78, 5) is 10.1. The van der Waals surface area contributed by atoms with Gasteiger partial charge >= 0.3 is 11.9 Å². The SMILES string of the molecule is CC(=O)Cc1ccc(OC(F)(F)F)c(SC(F)(F)F)c1. The molecule has 20 heavy (non-hydrogen) atoms. The first kappa shape index (κ1) is 16.7. The molecule has 0 atom stereocenters. The number of Topliss-reactive ketones (excluding diaryl/α,β-unsaturated/α-hetero) is 1. The molecule has 0 spiro atoms. The van der Waals surface area contributed by atoms with Gasteiger partial charge in [0.15, 0.2) is 0 Å². The van der Waals surface area contributed by atoms with Crippen LogP contribution < -0.4 is 4.74 Å². The Morgan fingerprint density at radius 1 is 1.20 bits per heavy atom. The van der Waals surface area contributed by atoms with Gasteiger partial charge in [-0.3, -0.25) is 4.79 Å². The minimum Gasteiger partial charge on any atom is -0.405 e. The van der Waals surface area contributed by atoms with Crippen molar-refractivity contribution in [2.45, 2.75) is 30.1 Å². The van der Waals surface area contributed by atoms with Gasteiger partial charge in [0.2, 0.25) is 0 Å². The Morgan fingerprint density at radius 2 is 1.80 bits per heavy atom. The lowest BCUT2D eigenvalue weighted by Gasteiger charge is -2.15. The molecule has 0 saturated heterocycles. The second-order valence-corrected chi connectivity index (χ2v) is 4.86. The van der Waals surface area contributed by atoms with Crippen molar-refractivity contribution in [2.75, 3.05) is 0 Å². The van der Waals surface area contributed by atoms with Crippen LogP contribution in [0, 0.1) is 0 Å². The molecule has 0 unspecified atom stereocenters. The first-order valence-corrected chi connectivity index (χ1v) is 5.92. The van der Waals surface area contributed by atoms with Crippen LogP contribution in [0.25, 0.3) is 0 Å². The van der Waals surface area contributed by atoms with Gasteiger partial charge in [-0.2, -0.15) is 13.2 Å². The van der Waals surface area contributed by atoms with Gasteiger partial charge in [-0.1, -0.05) is 6.07 Å². The molecule has 1 aromatic carbocycles. The Morgan fingerprint density at radius 3 is 2.25 bits per heavy atom. The molecular formula is C11H8F6O2S. The molecule has 0 aromatic heterocycles. The molecule has 112 valence electrons. The second-order valence-electron chi connectivity index (χ2n) is 3.76. The predicted octanol–water partition coefficient (Wildman–Crippen LogP) is 4.33. The van der Waals surface area contributed by atoms with Crippen molar-refractivity contribution in [3.8, 4) is 5.75 Å². The van der Waals surface area contributed by atoms with Crippen LogP contribution in [0.3, 0.4) is 0 Å². The van der Waals surface area contributed by atoms with E-state index in [0.29, 0.717) is 0 Å². The molecule has 0 N–H and O–H groups in total. The smallest absolute Gasteiger partial charge is 0.405 e. The number of alkyl halides is 6. The maximum atomic E-state index is 12.3. The molecule has 0 amide bonds. The van der Waals surface area contributed by atoms with Crippen LogP contribution in [0.2, 0.25) is 0 Å². The van der Waals surface area contributed by atoms with E-state index in [9.17, 15) is 31.1 Å². The zero-order chi connectivity index (χ0) is 15.6. The number of halogens is 6. The van der Waals surface area contributed by atoms with Gasteiger partial charge < -0.3 is 4.74 Å². The van der Waals surface area contributed by atoms with Crippen LogP contribution in [0.1, 0.15) is 12.5 Å². The van der Waals surface area contributed by atoms with E-state index in [2.05, 4.69) is 4.74 Å². The number of thioether (sulfide) groups is 1. The van der Waals surface area contributed by atoms with Crippen molar-refractivity contribution in [2.24, 2.45) is 0 Å². The molecule has 0 aliphatic heterocycles. The van der Waals surface area contributed by atoms with Crippen molar-refractivity contribution in [3.63, 3.8) is 0 Å². The Kier molecular flexibility index (Phi) is 4.95. The highest BCUT2D eigenvalue weighted by molar-refractivity contribution is 8.00. The maximum absolute atomic E-state index is 12.3. The topological polar surface area (TPSA) is 26.3 Å². The zero-order valence-electron chi connectivity index (χ0n) is 9.93. The van der Waals surface area contributed by atoms with Gasteiger partial charge in [0.05, 0.1) is 4.90 Å². The van der Waals surface area contributed by atoms with Crippen molar-refractivity contribution in [3.05, 3.63) is 23.8 Å². The summed E-state index contributed by atoms with van der Waals surface area (Å²) in [6, 6.07) is 2.74. The fraction of sp³-hybridized carbons (Fsp3) is 0.364. The van der Waals surface area contributed by atoms with E-state index in [1.165, 1.54) is 6.92 Å². The molecule has 0 aliphatic rings. The number of carbonyl (C=O) groups excluding carboxylic acids is 1. The molecule has 0 radical (unpaired) electrons. The molecule has 0 fully saturated rings. The van der Waals surface area contributed by atoms with Crippen LogP contribution in [-0.2, 0) is 11.2 Å². The standard InChI is InChI=1S/C11H8F6O2S/c1-6(18)4-7-2-3-8(19-10(12,13)14)9(5-7)20-11(15,16)17/h2-3,5H,4H2,1H3. The van der Waals surface area contributed by atoms with Gasteiger partial charge in [-0.15, -0.1) is 13.2 Å². The van der Waals surface area contributed by atoms with Gasteiger partial charge in [0, 0.05) is 6.42 Å². The molecule has 0 aliphatic carbocycles. The average Bonchev–Trinajstić information content (AvgIpc) is 2.16. The van der Waals surface area contributed by atoms with Gasteiger partial charge in [-0.05, 0) is 36.4 Å². The molecule has 1 rings (SSSR count). The lowest BCUT2D eigenvalue weighted by atomic mass is 10.1. The number of ketones is 1. The van der Waals surface area contributed by atoms with E-state index in [1.807, 2.05) is 0 Å².